The standard InChI is InChI=1S/C28H34N6O2/c1-17-13-21(14-18(2)29-17)26-19(3)23-8-7-20(15-24(23)30-26)25-16-34(32-31-25)22-9-11-33(12-10-22)27(35)36-28(4,5)6/h7-8,13-16,22,30H,9-12H2,1-6H3. The van der Waals surface area contributed by atoms with Crippen molar-refractivity contribution in [3.8, 4) is 22.5 Å². The van der Waals surface area contributed by atoms with Crippen LogP contribution in [0.25, 0.3) is 33.4 Å². The molecular weight excluding hydrogens is 452 g/mol. The number of hydrogen-bond donors (Lipinski definition) is 1. The van der Waals surface area contributed by atoms with Crippen molar-refractivity contribution >= 4 is 17.0 Å². The molecule has 36 heavy (non-hydrogen) atoms. The van der Waals surface area contributed by atoms with E-state index < -0.39 is 5.60 Å². The average Bonchev–Trinajstić information content (AvgIpc) is 3.42. The smallest absolute Gasteiger partial charge is 0.410 e. The molecule has 1 aliphatic heterocycles. The van der Waals surface area contributed by atoms with Crippen LogP contribution in [0.5, 0.6) is 0 Å². The van der Waals surface area contributed by atoms with Gasteiger partial charge in [0, 0.05) is 52.2 Å². The molecule has 1 aliphatic rings. The number of aryl methyl sites for hydroxylation is 3. The van der Waals surface area contributed by atoms with E-state index in [-0.39, 0.29) is 12.1 Å². The molecule has 8 nitrogen and oxygen atoms in total. The third-order valence-electron chi connectivity index (χ3n) is 6.72. The predicted octanol–water partition coefficient (Wildman–Crippen LogP) is 5.99. The van der Waals surface area contributed by atoms with E-state index in [0.29, 0.717) is 13.1 Å². The summed E-state index contributed by atoms with van der Waals surface area (Å²) in [5.74, 6) is 0. The molecule has 0 saturated carbocycles. The molecule has 0 radical (unpaired) electrons. The summed E-state index contributed by atoms with van der Waals surface area (Å²) in [6.45, 7) is 13.2. The molecule has 0 unspecified atom stereocenters. The van der Waals surface area contributed by atoms with Gasteiger partial charge in [-0.15, -0.1) is 5.10 Å². The zero-order valence-corrected chi connectivity index (χ0v) is 21.9. The molecule has 0 spiro atoms. The minimum Gasteiger partial charge on any atom is -0.444 e. The van der Waals surface area contributed by atoms with E-state index in [2.05, 4.69) is 57.5 Å². The quantitative estimate of drug-likeness (QED) is 0.384. The molecule has 3 aromatic heterocycles. The van der Waals surface area contributed by atoms with Gasteiger partial charge in [0.15, 0.2) is 0 Å². The molecule has 0 atom stereocenters. The van der Waals surface area contributed by atoms with Crippen molar-refractivity contribution in [3.63, 3.8) is 0 Å². The second-order valence-electron chi connectivity index (χ2n) is 10.8. The zero-order valence-electron chi connectivity index (χ0n) is 21.9. The summed E-state index contributed by atoms with van der Waals surface area (Å²) in [5, 5.41) is 10.1. The Bertz CT molecular complexity index is 1400. The Morgan fingerprint density at radius 3 is 2.39 bits per heavy atom. The number of fused-ring (bicyclic) bond motifs is 1. The summed E-state index contributed by atoms with van der Waals surface area (Å²) in [7, 11) is 0. The van der Waals surface area contributed by atoms with Crippen LogP contribution in [0, 0.1) is 20.8 Å². The van der Waals surface area contributed by atoms with E-state index in [1.165, 1.54) is 10.9 Å². The number of carbonyl (C=O) groups excluding carboxylic acids is 1. The molecule has 188 valence electrons. The number of nitrogens with zero attached hydrogens (tertiary/aromatic N) is 5. The van der Waals surface area contributed by atoms with Crippen LogP contribution in [0.2, 0.25) is 0 Å². The molecule has 1 fully saturated rings. The maximum Gasteiger partial charge on any atom is 0.410 e. The van der Waals surface area contributed by atoms with Crippen LogP contribution in [-0.4, -0.2) is 54.6 Å². The summed E-state index contributed by atoms with van der Waals surface area (Å²) in [5.41, 5.74) is 7.98. The first-order chi connectivity index (χ1) is 17.1. The number of H-pyrrole nitrogens is 1. The van der Waals surface area contributed by atoms with Gasteiger partial charge in [-0.25, -0.2) is 9.48 Å². The Morgan fingerprint density at radius 2 is 1.72 bits per heavy atom. The number of hydrogen-bond acceptors (Lipinski definition) is 5. The van der Waals surface area contributed by atoms with E-state index >= 15 is 0 Å². The number of nitrogens with one attached hydrogen (secondary N) is 1. The Morgan fingerprint density at radius 1 is 1.03 bits per heavy atom. The van der Waals surface area contributed by atoms with E-state index in [1.807, 2.05) is 45.5 Å². The fourth-order valence-corrected chi connectivity index (χ4v) is 4.99. The third-order valence-corrected chi connectivity index (χ3v) is 6.72. The summed E-state index contributed by atoms with van der Waals surface area (Å²) in [6.07, 6.45) is 3.42. The summed E-state index contributed by atoms with van der Waals surface area (Å²) >= 11 is 0. The number of ether oxygens (including phenoxy) is 1. The Hall–Kier alpha value is -3.68. The molecule has 1 N–H and O–H groups in total. The van der Waals surface area contributed by atoms with Gasteiger partial charge in [-0.1, -0.05) is 17.3 Å². The Kier molecular flexibility index (Phi) is 6.06. The highest BCUT2D eigenvalue weighted by atomic mass is 16.6. The molecule has 5 rings (SSSR count). The summed E-state index contributed by atoms with van der Waals surface area (Å²) in [6, 6.07) is 10.9. The first kappa shape index (κ1) is 24.0. The van der Waals surface area contributed by atoms with Crippen molar-refractivity contribution in [2.45, 2.75) is 66.0 Å². The van der Waals surface area contributed by atoms with Gasteiger partial charge in [0.25, 0.3) is 0 Å². The van der Waals surface area contributed by atoms with Crippen LogP contribution in [0.4, 0.5) is 4.79 Å². The van der Waals surface area contributed by atoms with Gasteiger partial charge in [0.2, 0.25) is 0 Å². The lowest BCUT2D eigenvalue weighted by atomic mass is 10.0. The first-order valence-corrected chi connectivity index (χ1v) is 12.6. The van der Waals surface area contributed by atoms with Crippen LogP contribution in [0.3, 0.4) is 0 Å². The van der Waals surface area contributed by atoms with Crippen LogP contribution < -0.4 is 0 Å². The number of benzene rings is 1. The fourth-order valence-electron chi connectivity index (χ4n) is 4.99. The molecule has 1 saturated heterocycles. The zero-order chi connectivity index (χ0) is 25.6. The summed E-state index contributed by atoms with van der Waals surface area (Å²) in [4.78, 5) is 22.3. The van der Waals surface area contributed by atoms with Gasteiger partial charge in [-0.3, -0.25) is 4.98 Å². The van der Waals surface area contributed by atoms with Gasteiger partial charge in [0.05, 0.1) is 12.2 Å². The molecule has 1 amide bonds. The average molecular weight is 487 g/mol. The lowest BCUT2D eigenvalue weighted by Crippen LogP contribution is -2.42. The number of pyridine rings is 1. The minimum absolute atomic E-state index is 0.214. The Labute approximate surface area is 211 Å². The van der Waals surface area contributed by atoms with Crippen molar-refractivity contribution in [3.05, 3.63) is 53.5 Å². The van der Waals surface area contributed by atoms with Crippen molar-refractivity contribution in [1.82, 2.24) is 29.9 Å². The van der Waals surface area contributed by atoms with E-state index in [0.717, 1.165) is 52.3 Å². The van der Waals surface area contributed by atoms with E-state index in [1.54, 1.807) is 4.90 Å². The monoisotopic (exact) mass is 486 g/mol. The number of aromatic nitrogens is 5. The van der Waals surface area contributed by atoms with Crippen LogP contribution in [0.1, 0.15) is 56.6 Å². The first-order valence-electron chi connectivity index (χ1n) is 12.6. The second-order valence-corrected chi connectivity index (χ2v) is 10.8. The maximum atomic E-state index is 12.4. The van der Waals surface area contributed by atoms with Crippen LogP contribution in [0.15, 0.2) is 36.5 Å². The second kappa shape index (κ2) is 9.08. The molecule has 4 heterocycles. The van der Waals surface area contributed by atoms with Gasteiger partial charge >= 0.3 is 6.09 Å². The number of amides is 1. The normalized spacial score (nSPS) is 15.0. The number of aromatic amines is 1. The molecule has 0 aliphatic carbocycles. The number of piperidine rings is 1. The molecule has 1 aromatic carbocycles. The number of rotatable bonds is 3. The number of carbonyl (C=O) groups is 1. The van der Waals surface area contributed by atoms with E-state index in [4.69, 9.17) is 4.74 Å². The van der Waals surface area contributed by atoms with Gasteiger partial charge in [-0.2, -0.15) is 0 Å². The number of likely N-dealkylation sites (tertiary alicyclic amines) is 1. The van der Waals surface area contributed by atoms with E-state index in [9.17, 15) is 4.79 Å². The van der Waals surface area contributed by atoms with Crippen LogP contribution >= 0.6 is 0 Å². The third kappa shape index (κ3) is 4.85. The Balaban J connectivity index is 1.33. The highest BCUT2D eigenvalue weighted by Gasteiger charge is 2.28. The van der Waals surface area contributed by atoms with Crippen molar-refractivity contribution in [2.24, 2.45) is 0 Å². The predicted molar refractivity (Wildman–Crippen MR) is 141 cm³/mol. The maximum absolute atomic E-state index is 12.4. The molecular formula is C28H34N6O2. The largest absolute Gasteiger partial charge is 0.444 e. The fraction of sp³-hybridized carbons (Fsp3) is 0.429. The topological polar surface area (TPSA) is 88.9 Å². The summed E-state index contributed by atoms with van der Waals surface area (Å²) < 4.78 is 7.46. The lowest BCUT2D eigenvalue weighted by molar-refractivity contribution is 0.0184. The minimum atomic E-state index is -0.482. The van der Waals surface area contributed by atoms with Crippen LogP contribution in [-0.2, 0) is 4.74 Å². The van der Waals surface area contributed by atoms with Gasteiger partial charge < -0.3 is 14.6 Å². The molecule has 0 bridgehead atoms. The van der Waals surface area contributed by atoms with Gasteiger partial charge in [0.1, 0.15) is 11.3 Å². The van der Waals surface area contributed by atoms with Gasteiger partial charge in [-0.05, 0) is 78.1 Å². The highest BCUT2D eigenvalue weighted by Crippen LogP contribution is 2.33. The highest BCUT2D eigenvalue weighted by molar-refractivity contribution is 5.93. The molecule has 8 heteroatoms. The molecule has 4 aromatic rings. The van der Waals surface area contributed by atoms with Crippen molar-refractivity contribution in [1.29, 1.82) is 0 Å². The lowest BCUT2D eigenvalue weighted by Gasteiger charge is -2.33. The van der Waals surface area contributed by atoms with Crippen molar-refractivity contribution < 1.29 is 9.53 Å². The van der Waals surface area contributed by atoms with Crippen molar-refractivity contribution in [2.75, 3.05) is 13.1 Å². The SMILES string of the molecule is Cc1cc(-c2[nH]c3cc(-c4cn(C5CCN(C(=O)OC(C)(C)C)CC5)nn4)ccc3c2C)cc(C)n1.